The molecule has 0 bridgehead atoms. The van der Waals surface area contributed by atoms with Crippen molar-refractivity contribution in [3.63, 3.8) is 0 Å². The molecule has 1 unspecified atom stereocenters. The number of ether oxygens (including phenoxy) is 1. The Labute approximate surface area is 204 Å². The number of imide groups is 1. The lowest BCUT2D eigenvalue weighted by atomic mass is 9.74. The van der Waals surface area contributed by atoms with Gasteiger partial charge in [0.2, 0.25) is 5.91 Å². The molecule has 1 N–H and O–H groups in total. The summed E-state index contributed by atoms with van der Waals surface area (Å²) in [6, 6.07) is 15.2. The molecule has 184 valence electrons. The number of nitrogens with one attached hydrogen (secondary N) is 1. The zero-order chi connectivity index (χ0) is 24.8. The molecule has 0 saturated carbocycles. The Bertz CT molecular complexity index is 1100. The van der Waals surface area contributed by atoms with Gasteiger partial charge in [-0.3, -0.25) is 14.5 Å². The van der Waals surface area contributed by atoms with Crippen molar-refractivity contribution in [2.75, 3.05) is 33.4 Å². The number of rotatable bonds is 8. The van der Waals surface area contributed by atoms with E-state index in [-0.39, 0.29) is 37.3 Å². The van der Waals surface area contributed by atoms with Crippen molar-refractivity contribution in [1.29, 1.82) is 0 Å². The highest BCUT2D eigenvalue weighted by molar-refractivity contribution is 6.07. The average molecular weight is 480 g/mol. The van der Waals surface area contributed by atoms with E-state index in [1.807, 2.05) is 30.3 Å². The predicted molar refractivity (Wildman–Crippen MR) is 130 cm³/mol. The Balaban J connectivity index is 1.50. The van der Waals surface area contributed by atoms with Crippen LogP contribution in [0, 0.1) is 11.7 Å². The molecule has 8 heteroatoms. The minimum absolute atomic E-state index is 0.0880. The van der Waals surface area contributed by atoms with Crippen LogP contribution in [0.4, 0.5) is 9.18 Å². The van der Waals surface area contributed by atoms with Gasteiger partial charge in [0.25, 0.3) is 5.91 Å². The first-order chi connectivity index (χ1) is 16.9. The molecule has 2 aromatic carbocycles. The molecule has 1 atom stereocenters. The van der Waals surface area contributed by atoms with Crippen LogP contribution < -0.4 is 5.32 Å². The van der Waals surface area contributed by atoms with Gasteiger partial charge in [-0.05, 0) is 48.1 Å². The van der Waals surface area contributed by atoms with Gasteiger partial charge in [0.05, 0.1) is 13.2 Å². The van der Waals surface area contributed by atoms with Gasteiger partial charge in [0, 0.05) is 32.7 Å². The van der Waals surface area contributed by atoms with Gasteiger partial charge in [-0.2, -0.15) is 0 Å². The van der Waals surface area contributed by atoms with Crippen molar-refractivity contribution >= 4 is 23.9 Å². The van der Waals surface area contributed by atoms with Crippen LogP contribution in [0.15, 0.2) is 60.7 Å². The molecule has 2 fully saturated rings. The third-order valence-electron chi connectivity index (χ3n) is 6.81. The fraction of sp³-hybridized carbons (Fsp3) is 0.370. The second-order valence-electron chi connectivity index (χ2n) is 9.00. The Kier molecular flexibility index (Phi) is 7.60. The van der Waals surface area contributed by atoms with E-state index < -0.39 is 17.4 Å². The summed E-state index contributed by atoms with van der Waals surface area (Å²) in [5, 5.41) is 2.95. The third kappa shape index (κ3) is 5.43. The summed E-state index contributed by atoms with van der Waals surface area (Å²) in [6.45, 7) is 1.31. The number of amides is 4. The highest BCUT2D eigenvalue weighted by Crippen LogP contribution is 2.36. The van der Waals surface area contributed by atoms with E-state index in [1.165, 1.54) is 24.1 Å². The van der Waals surface area contributed by atoms with Crippen molar-refractivity contribution in [3.8, 4) is 0 Å². The lowest BCUT2D eigenvalue weighted by molar-refractivity contribution is -0.135. The Morgan fingerprint density at radius 2 is 1.89 bits per heavy atom. The molecule has 0 aromatic heterocycles. The minimum Gasteiger partial charge on any atom is -0.383 e. The number of carbonyl (C=O) groups is 3. The number of nitrogens with zero attached hydrogens (tertiary/aromatic N) is 2. The topological polar surface area (TPSA) is 79.0 Å². The van der Waals surface area contributed by atoms with Crippen LogP contribution in [-0.4, -0.2) is 66.5 Å². The van der Waals surface area contributed by atoms with E-state index in [0.717, 1.165) is 5.56 Å². The van der Waals surface area contributed by atoms with Crippen LogP contribution in [0.1, 0.15) is 24.0 Å². The van der Waals surface area contributed by atoms with Crippen molar-refractivity contribution in [1.82, 2.24) is 15.1 Å². The number of hydrogen-bond acceptors (Lipinski definition) is 4. The molecule has 2 aromatic rings. The van der Waals surface area contributed by atoms with Crippen LogP contribution in [0.2, 0.25) is 0 Å². The normalized spacial score (nSPS) is 21.1. The van der Waals surface area contributed by atoms with E-state index in [4.69, 9.17) is 4.74 Å². The first-order valence-corrected chi connectivity index (χ1v) is 11.8. The molecule has 2 saturated heterocycles. The lowest BCUT2D eigenvalue weighted by Crippen LogP contribution is -2.58. The molecule has 2 aliphatic heterocycles. The average Bonchev–Trinajstić information content (AvgIpc) is 3.11. The number of methoxy groups -OCH3 is 1. The molecular formula is C27H30FN3O4. The van der Waals surface area contributed by atoms with Gasteiger partial charge in [-0.25, -0.2) is 9.18 Å². The molecule has 0 radical (unpaired) electrons. The number of halogens is 1. The van der Waals surface area contributed by atoms with Gasteiger partial charge < -0.3 is 15.0 Å². The van der Waals surface area contributed by atoms with Gasteiger partial charge in [0.15, 0.2) is 0 Å². The van der Waals surface area contributed by atoms with E-state index in [1.54, 1.807) is 29.2 Å². The number of hydrogen-bond donors (Lipinski definition) is 1. The second kappa shape index (κ2) is 10.8. The monoisotopic (exact) mass is 479 g/mol. The fourth-order valence-electron chi connectivity index (χ4n) is 4.97. The van der Waals surface area contributed by atoms with Gasteiger partial charge in [-0.15, -0.1) is 0 Å². The predicted octanol–water partition coefficient (Wildman–Crippen LogP) is 3.26. The molecule has 0 spiro atoms. The molecule has 2 heterocycles. The Morgan fingerprint density at radius 3 is 2.57 bits per heavy atom. The van der Waals surface area contributed by atoms with Crippen LogP contribution in [0.3, 0.4) is 0 Å². The molecular weight excluding hydrogens is 449 g/mol. The van der Waals surface area contributed by atoms with Gasteiger partial charge in [0.1, 0.15) is 11.4 Å². The SMILES string of the molecule is COCCN1C(=O)NC(Cc2cccc(F)c2)(C2CCN(C(=O)C=Cc3ccccc3)CC2)C1=O. The summed E-state index contributed by atoms with van der Waals surface area (Å²) in [4.78, 5) is 42.1. The summed E-state index contributed by atoms with van der Waals surface area (Å²) in [5.41, 5.74) is 0.393. The molecule has 0 aliphatic carbocycles. The van der Waals surface area contributed by atoms with Crippen LogP contribution in [0.25, 0.3) is 6.08 Å². The van der Waals surface area contributed by atoms with Gasteiger partial charge >= 0.3 is 6.03 Å². The number of urea groups is 1. The first kappa shape index (κ1) is 24.6. The van der Waals surface area contributed by atoms with E-state index in [9.17, 15) is 18.8 Å². The maximum atomic E-state index is 13.9. The lowest BCUT2D eigenvalue weighted by Gasteiger charge is -2.41. The van der Waals surface area contributed by atoms with Crippen LogP contribution in [0.5, 0.6) is 0 Å². The molecule has 2 aliphatic rings. The Hall–Kier alpha value is -3.52. The summed E-state index contributed by atoms with van der Waals surface area (Å²) >= 11 is 0. The summed E-state index contributed by atoms with van der Waals surface area (Å²) in [7, 11) is 1.51. The maximum absolute atomic E-state index is 13.9. The number of piperidine rings is 1. The fourth-order valence-corrected chi connectivity index (χ4v) is 4.97. The largest absolute Gasteiger partial charge is 0.383 e. The first-order valence-electron chi connectivity index (χ1n) is 11.8. The maximum Gasteiger partial charge on any atom is 0.325 e. The zero-order valence-corrected chi connectivity index (χ0v) is 19.8. The van der Waals surface area contributed by atoms with E-state index >= 15 is 0 Å². The van der Waals surface area contributed by atoms with Gasteiger partial charge in [-0.1, -0.05) is 42.5 Å². The van der Waals surface area contributed by atoms with E-state index in [0.29, 0.717) is 31.5 Å². The standard InChI is InChI=1S/C27H30FN3O4/c1-35-17-16-31-25(33)27(29-26(31)34,19-21-8-5-9-23(28)18-21)22-12-14-30(15-13-22)24(32)11-10-20-6-3-2-4-7-20/h2-11,18,22H,12-17,19H2,1H3,(H,29,34). The van der Waals surface area contributed by atoms with Crippen molar-refractivity contribution < 1.29 is 23.5 Å². The summed E-state index contributed by atoms with van der Waals surface area (Å²) < 4.78 is 19.0. The molecule has 35 heavy (non-hydrogen) atoms. The summed E-state index contributed by atoms with van der Waals surface area (Å²) in [6.07, 6.45) is 4.63. The van der Waals surface area contributed by atoms with Crippen molar-refractivity contribution in [3.05, 3.63) is 77.6 Å². The zero-order valence-electron chi connectivity index (χ0n) is 19.8. The molecule has 4 rings (SSSR count). The number of likely N-dealkylation sites (tertiary alicyclic amines) is 1. The molecule has 7 nitrogen and oxygen atoms in total. The van der Waals surface area contributed by atoms with Crippen LogP contribution in [-0.2, 0) is 20.7 Å². The smallest absolute Gasteiger partial charge is 0.325 e. The third-order valence-corrected chi connectivity index (χ3v) is 6.81. The highest BCUT2D eigenvalue weighted by Gasteiger charge is 2.55. The Morgan fingerprint density at radius 1 is 1.14 bits per heavy atom. The number of benzene rings is 2. The van der Waals surface area contributed by atoms with Crippen molar-refractivity contribution in [2.24, 2.45) is 5.92 Å². The highest BCUT2D eigenvalue weighted by atomic mass is 19.1. The molecule has 4 amide bonds. The summed E-state index contributed by atoms with van der Waals surface area (Å²) in [5.74, 6) is -0.999. The minimum atomic E-state index is -1.19. The van der Waals surface area contributed by atoms with E-state index in [2.05, 4.69) is 5.32 Å². The van der Waals surface area contributed by atoms with Crippen molar-refractivity contribution in [2.45, 2.75) is 24.8 Å². The quantitative estimate of drug-likeness (QED) is 0.466. The van der Waals surface area contributed by atoms with Crippen LogP contribution >= 0.6 is 0 Å². The number of carbonyl (C=O) groups excluding carboxylic acids is 3. The second-order valence-corrected chi connectivity index (χ2v) is 9.00.